The van der Waals surface area contributed by atoms with Gasteiger partial charge in [0.05, 0.1) is 6.04 Å². The summed E-state index contributed by atoms with van der Waals surface area (Å²) in [5.41, 5.74) is 4.53. The topological polar surface area (TPSA) is 41.3 Å². The number of hydrazine groups is 1. The summed E-state index contributed by atoms with van der Waals surface area (Å²) in [5.74, 6) is 5.69. The number of nitrogens with two attached hydrogens (primary N) is 1. The molecule has 2 rings (SSSR count). The Bertz CT molecular complexity index is 453. The fraction of sp³-hybridized carbons (Fsp3) is 0.625. The monoisotopic (exact) mass is 279 g/mol. The summed E-state index contributed by atoms with van der Waals surface area (Å²) in [5, 5.41) is 0. The van der Waals surface area contributed by atoms with Crippen molar-refractivity contribution in [3.63, 3.8) is 0 Å². The van der Waals surface area contributed by atoms with Gasteiger partial charge in [-0.15, -0.1) is 0 Å². The third-order valence-corrected chi connectivity index (χ3v) is 4.84. The molecule has 0 saturated heterocycles. The van der Waals surface area contributed by atoms with E-state index in [1.165, 1.54) is 19.3 Å². The lowest BCUT2D eigenvalue weighted by Crippen LogP contribution is -2.56. The Hall–Kier alpha value is -0.970. The second kappa shape index (κ2) is 6.20. The van der Waals surface area contributed by atoms with Crippen LogP contribution in [0.2, 0.25) is 0 Å². The minimum Gasteiger partial charge on any atom is -0.302 e. The van der Waals surface area contributed by atoms with Crippen molar-refractivity contribution >= 4 is 0 Å². The molecule has 0 aliphatic heterocycles. The van der Waals surface area contributed by atoms with E-state index in [9.17, 15) is 4.39 Å². The van der Waals surface area contributed by atoms with Gasteiger partial charge in [0.15, 0.2) is 0 Å². The second-order valence-corrected chi connectivity index (χ2v) is 6.17. The molecule has 0 bridgehead atoms. The zero-order valence-electron chi connectivity index (χ0n) is 12.7. The number of halogens is 1. The van der Waals surface area contributed by atoms with Crippen molar-refractivity contribution in [3.05, 3.63) is 35.1 Å². The second-order valence-electron chi connectivity index (χ2n) is 6.17. The van der Waals surface area contributed by atoms with Crippen molar-refractivity contribution in [2.45, 2.75) is 50.6 Å². The number of rotatable bonds is 4. The maximum Gasteiger partial charge on any atom is 0.126 e. The predicted octanol–water partition coefficient (Wildman–Crippen LogP) is 2.90. The van der Waals surface area contributed by atoms with Crippen molar-refractivity contribution in [2.75, 3.05) is 14.1 Å². The Morgan fingerprint density at radius 1 is 1.25 bits per heavy atom. The van der Waals surface area contributed by atoms with Crippen LogP contribution < -0.4 is 11.3 Å². The van der Waals surface area contributed by atoms with Gasteiger partial charge in [0, 0.05) is 5.54 Å². The normalized spacial score (nSPS) is 20.1. The highest BCUT2D eigenvalue weighted by Gasteiger charge is 2.42. The van der Waals surface area contributed by atoms with Gasteiger partial charge < -0.3 is 4.90 Å². The van der Waals surface area contributed by atoms with Crippen LogP contribution in [0.15, 0.2) is 18.2 Å². The molecule has 1 aliphatic carbocycles. The molecule has 1 saturated carbocycles. The molecule has 20 heavy (non-hydrogen) atoms. The van der Waals surface area contributed by atoms with E-state index in [0.717, 1.165) is 18.4 Å². The van der Waals surface area contributed by atoms with E-state index in [1.807, 2.05) is 12.1 Å². The summed E-state index contributed by atoms with van der Waals surface area (Å²) in [6.45, 7) is 1.78. The van der Waals surface area contributed by atoms with E-state index < -0.39 is 0 Å². The SMILES string of the molecule is Cc1ccc(C(NN)C2(N(C)C)CCCCC2)cc1F. The highest BCUT2D eigenvalue weighted by molar-refractivity contribution is 5.28. The first-order valence-electron chi connectivity index (χ1n) is 7.41. The maximum atomic E-state index is 13.9. The number of aryl methyl sites for hydroxylation is 1. The molecule has 3 N–H and O–H groups in total. The van der Waals surface area contributed by atoms with E-state index in [2.05, 4.69) is 24.4 Å². The number of likely N-dealkylation sites (N-methyl/N-ethyl adjacent to an activating group) is 1. The van der Waals surface area contributed by atoms with Gasteiger partial charge in [0.2, 0.25) is 0 Å². The Morgan fingerprint density at radius 3 is 2.40 bits per heavy atom. The molecular weight excluding hydrogens is 253 g/mol. The first-order chi connectivity index (χ1) is 9.51. The molecule has 3 nitrogen and oxygen atoms in total. The number of hydrogen-bond donors (Lipinski definition) is 2. The van der Waals surface area contributed by atoms with Gasteiger partial charge >= 0.3 is 0 Å². The minimum atomic E-state index is -0.160. The highest BCUT2D eigenvalue weighted by atomic mass is 19.1. The van der Waals surface area contributed by atoms with Gasteiger partial charge in [-0.3, -0.25) is 11.3 Å². The van der Waals surface area contributed by atoms with Crippen LogP contribution in [-0.4, -0.2) is 24.5 Å². The molecule has 0 aromatic heterocycles. The van der Waals surface area contributed by atoms with Crippen LogP contribution >= 0.6 is 0 Å². The van der Waals surface area contributed by atoms with Gasteiger partial charge in [0.25, 0.3) is 0 Å². The average molecular weight is 279 g/mol. The largest absolute Gasteiger partial charge is 0.302 e. The highest BCUT2D eigenvalue weighted by Crippen LogP contribution is 2.41. The van der Waals surface area contributed by atoms with E-state index in [-0.39, 0.29) is 17.4 Å². The molecule has 1 aliphatic rings. The summed E-state index contributed by atoms with van der Waals surface area (Å²) < 4.78 is 13.9. The van der Waals surface area contributed by atoms with E-state index in [4.69, 9.17) is 5.84 Å². The van der Waals surface area contributed by atoms with Gasteiger partial charge in [-0.1, -0.05) is 31.4 Å². The molecule has 0 radical (unpaired) electrons. The van der Waals surface area contributed by atoms with Crippen LogP contribution in [0.4, 0.5) is 4.39 Å². The molecule has 1 fully saturated rings. The fourth-order valence-corrected chi connectivity index (χ4v) is 3.51. The molecule has 0 heterocycles. The third-order valence-electron chi connectivity index (χ3n) is 4.84. The van der Waals surface area contributed by atoms with Crippen LogP contribution in [0.1, 0.15) is 49.3 Å². The number of nitrogens with one attached hydrogen (secondary N) is 1. The number of nitrogens with zero attached hydrogens (tertiary/aromatic N) is 1. The standard InChI is InChI=1S/C16H26FN3/c1-12-7-8-13(11-14(12)17)15(19-18)16(20(2)3)9-5-4-6-10-16/h7-8,11,15,19H,4-6,9-10,18H2,1-3H3. The van der Waals surface area contributed by atoms with E-state index >= 15 is 0 Å². The molecule has 112 valence electrons. The molecule has 0 amide bonds. The lowest BCUT2D eigenvalue weighted by Gasteiger charge is -2.48. The van der Waals surface area contributed by atoms with Gasteiger partial charge in [-0.05, 0) is 51.1 Å². The molecule has 0 spiro atoms. The Labute approximate surface area is 121 Å². The van der Waals surface area contributed by atoms with E-state index in [0.29, 0.717) is 5.56 Å². The van der Waals surface area contributed by atoms with Crippen molar-refractivity contribution < 1.29 is 4.39 Å². The Kier molecular flexibility index (Phi) is 4.78. The predicted molar refractivity (Wildman–Crippen MR) is 80.7 cm³/mol. The van der Waals surface area contributed by atoms with Crippen molar-refractivity contribution in [2.24, 2.45) is 5.84 Å². The van der Waals surface area contributed by atoms with Crippen molar-refractivity contribution in [3.8, 4) is 0 Å². The Morgan fingerprint density at radius 2 is 1.90 bits per heavy atom. The molecule has 4 heteroatoms. The van der Waals surface area contributed by atoms with Crippen LogP contribution in [0.25, 0.3) is 0 Å². The first kappa shape index (κ1) is 15.4. The van der Waals surface area contributed by atoms with Crippen molar-refractivity contribution in [1.29, 1.82) is 0 Å². The van der Waals surface area contributed by atoms with Crippen LogP contribution in [0, 0.1) is 12.7 Å². The lowest BCUT2D eigenvalue weighted by atomic mass is 9.73. The van der Waals surface area contributed by atoms with Crippen LogP contribution in [0.5, 0.6) is 0 Å². The molecule has 1 aromatic carbocycles. The lowest BCUT2D eigenvalue weighted by molar-refractivity contribution is 0.0563. The smallest absolute Gasteiger partial charge is 0.126 e. The molecule has 1 atom stereocenters. The molecular formula is C16H26FN3. The van der Waals surface area contributed by atoms with Crippen LogP contribution in [-0.2, 0) is 0 Å². The first-order valence-corrected chi connectivity index (χ1v) is 7.41. The number of benzene rings is 1. The zero-order valence-corrected chi connectivity index (χ0v) is 12.7. The van der Waals surface area contributed by atoms with Crippen LogP contribution in [0.3, 0.4) is 0 Å². The molecule has 1 unspecified atom stereocenters. The summed E-state index contributed by atoms with van der Waals surface area (Å²) >= 11 is 0. The van der Waals surface area contributed by atoms with Gasteiger partial charge in [-0.25, -0.2) is 4.39 Å². The zero-order chi connectivity index (χ0) is 14.8. The number of hydrogen-bond acceptors (Lipinski definition) is 3. The average Bonchev–Trinajstić information content (AvgIpc) is 2.44. The van der Waals surface area contributed by atoms with Gasteiger partial charge in [-0.2, -0.15) is 0 Å². The quantitative estimate of drug-likeness (QED) is 0.658. The molecule has 1 aromatic rings. The van der Waals surface area contributed by atoms with Crippen molar-refractivity contribution in [1.82, 2.24) is 10.3 Å². The third kappa shape index (κ3) is 2.73. The summed E-state index contributed by atoms with van der Waals surface area (Å²) in [6, 6.07) is 5.40. The summed E-state index contributed by atoms with van der Waals surface area (Å²) in [6.07, 6.45) is 5.85. The minimum absolute atomic E-state index is 0.0330. The maximum absolute atomic E-state index is 13.9. The Balaban J connectivity index is 2.39. The summed E-state index contributed by atoms with van der Waals surface area (Å²) in [7, 11) is 4.19. The fourth-order valence-electron chi connectivity index (χ4n) is 3.51. The van der Waals surface area contributed by atoms with Gasteiger partial charge in [0.1, 0.15) is 5.82 Å². The van der Waals surface area contributed by atoms with E-state index in [1.54, 1.807) is 13.0 Å². The summed E-state index contributed by atoms with van der Waals surface area (Å²) in [4.78, 5) is 2.26.